The zero-order chi connectivity index (χ0) is 36.6. The molecule has 6 rings (SSSR count). The standard InChI is InChI=1S/C39H43Cl2N3O7S.H2O/c1-43-15-13-25(14-16-43)22-50-39(46)37(26-7-5-4-6-8-26)44(28-23-49-24-28)21-29-10-12-36(52-29)38(45)51-34(18-30-31(40)19-42-20-32(30)41)27-9-11-33(47-2)35(17-27)48-3;/h4-12,17,19-20,25,28,34,37H,13-16,18,21-24H2,1-3H3;1H2/t34-,37?;/m0./s1. The molecule has 0 bridgehead atoms. The third-order valence-corrected chi connectivity index (χ3v) is 11.4. The molecule has 2 aromatic heterocycles. The van der Waals surface area contributed by atoms with E-state index in [2.05, 4.69) is 21.8 Å². The Morgan fingerprint density at radius 3 is 2.30 bits per heavy atom. The highest BCUT2D eigenvalue weighted by molar-refractivity contribution is 7.13. The highest BCUT2D eigenvalue weighted by Crippen LogP contribution is 2.37. The van der Waals surface area contributed by atoms with Gasteiger partial charge in [0.2, 0.25) is 0 Å². The molecule has 2 aliphatic rings. The zero-order valence-electron chi connectivity index (χ0n) is 30.0. The molecule has 2 fully saturated rings. The number of nitrogens with one attached hydrogen (secondary N) is 1. The second-order valence-corrected chi connectivity index (χ2v) is 15.1. The Kier molecular flexibility index (Phi) is 14.5. The molecule has 2 aromatic carbocycles. The van der Waals surface area contributed by atoms with Gasteiger partial charge in [-0.3, -0.25) is 4.90 Å². The largest absolute Gasteiger partial charge is 0.870 e. The minimum absolute atomic E-state index is 0. The minimum Gasteiger partial charge on any atom is -0.870 e. The van der Waals surface area contributed by atoms with Crippen LogP contribution in [0.4, 0.5) is 0 Å². The van der Waals surface area contributed by atoms with Crippen LogP contribution in [0.3, 0.4) is 0 Å². The lowest BCUT2D eigenvalue weighted by atomic mass is 9.98. The molecule has 4 heterocycles. The van der Waals surface area contributed by atoms with Crippen molar-refractivity contribution in [1.82, 2.24) is 9.80 Å². The molecule has 0 amide bonds. The number of likely N-dealkylation sites (tertiary alicyclic amines) is 1. The van der Waals surface area contributed by atoms with Crippen LogP contribution in [-0.4, -0.2) is 87.4 Å². The van der Waals surface area contributed by atoms with E-state index in [1.807, 2.05) is 42.5 Å². The number of benzene rings is 2. The molecule has 4 aromatic rings. The number of aromatic nitrogens is 1. The number of pyridine rings is 1. The van der Waals surface area contributed by atoms with Gasteiger partial charge < -0.3 is 34.1 Å². The molecule has 284 valence electrons. The molecule has 11 nitrogen and oxygen atoms in total. The van der Waals surface area contributed by atoms with Gasteiger partial charge in [0, 0.05) is 23.4 Å². The summed E-state index contributed by atoms with van der Waals surface area (Å²) in [5.41, 5.74) is 2.17. The zero-order valence-corrected chi connectivity index (χ0v) is 32.3. The van der Waals surface area contributed by atoms with E-state index in [0.29, 0.717) is 69.8 Å². The van der Waals surface area contributed by atoms with Crippen molar-refractivity contribution in [3.63, 3.8) is 0 Å². The van der Waals surface area contributed by atoms with Crippen LogP contribution in [0.1, 0.15) is 56.2 Å². The van der Waals surface area contributed by atoms with Crippen LogP contribution in [0, 0.1) is 5.92 Å². The molecule has 1 unspecified atom stereocenters. The topological polar surface area (TPSA) is 131 Å². The van der Waals surface area contributed by atoms with Gasteiger partial charge in [-0.1, -0.05) is 59.6 Å². The Labute approximate surface area is 324 Å². The second kappa shape index (κ2) is 19.0. The highest BCUT2D eigenvalue weighted by atomic mass is 35.5. The maximum absolute atomic E-state index is 14.0. The maximum atomic E-state index is 14.0. The monoisotopic (exact) mass is 785 g/mol. The summed E-state index contributed by atoms with van der Waals surface area (Å²) in [7, 11) is 5.23. The molecule has 2 N–H and O–H groups in total. The summed E-state index contributed by atoms with van der Waals surface area (Å²) in [5.74, 6) is 0.614. The number of carbonyl (C=O) groups excluding carboxylic acids is 2. The summed E-state index contributed by atoms with van der Waals surface area (Å²) in [6, 6.07) is 18.1. The van der Waals surface area contributed by atoms with Crippen LogP contribution in [0.2, 0.25) is 10.0 Å². The highest BCUT2D eigenvalue weighted by Gasteiger charge is 2.38. The maximum Gasteiger partial charge on any atom is 0.348 e. The van der Waals surface area contributed by atoms with Gasteiger partial charge in [0.1, 0.15) is 27.1 Å². The number of thiophene rings is 1. The fourth-order valence-electron chi connectivity index (χ4n) is 6.53. The molecule has 0 spiro atoms. The van der Waals surface area contributed by atoms with Crippen molar-refractivity contribution in [2.75, 3.05) is 54.2 Å². The number of nitrogens with zero attached hydrogens (tertiary/aromatic N) is 2. The summed E-state index contributed by atoms with van der Waals surface area (Å²) >= 11 is 14.4. The predicted molar refractivity (Wildman–Crippen MR) is 201 cm³/mol. The van der Waals surface area contributed by atoms with Crippen molar-refractivity contribution in [2.24, 2.45) is 5.92 Å². The number of ether oxygens (including phenoxy) is 5. The summed E-state index contributed by atoms with van der Waals surface area (Å²) in [4.78, 5) is 36.5. The Balaban J connectivity index is 0.00000541. The van der Waals surface area contributed by atoms with E-state index in [0.717, 1.165) is 36.4 Å². The van der Waals surface area contributed by atoms with E-state index < -0.39 is 18.1 Å². The number of methoxy groups -OCH3 is 2. The lowest BCUT2D eigenvalue weighted by molar-refractivity contribution is -0.377. The number of aromatic amines is 1. The first-order valence-electron chi connectivity index (χ1n) is 17.3. The van der Waals surface area contributed by atoms with Crippen LogP contribution < -0.4 is 14.5 Å². The molecule has 14 heteroatoms. The molecule has 0 saturated carbocycles. The molecule has 0 aliphatic carbocycles. The fraction of sp³-hybridized carbons (Fsp3) is 0.410. The number of halogens is 2. The summed E-state index contributed by atoms with van der Waals surface area (Å²) < 4.78 is 28.8. The van der Waals surface area contributed by atoms with Crippen molar-refractivity contribution in [3.05, 3.63) is 110 Å². The Bertz CT molecular complexity index is 1800. The third kappa shape index (κ3) is 10.1. The van der Waals surface area contributed by atoms with Gasteiger partial charge in [0.05, 0.1) is 40.1 Å². The molecule has 0 radical (unpaired) electrons. The molecule has 2 atom stereocenters. The molecule has 2 saturated heterocycles. The molecular weight excluding hydrogens is 741 g/mol. The summed E-state index contributed by atoms with van der Waals surface area (Å²) in [5, 5.41) is 0.843. The first kappa shape index (κ1) is 40.4. The third-order valence-electron chi connectivity index (χ3n) is 9.68. The average molecular weight is 787 g/mol. The smallest absolute Gasteiger partial charge is 0.348 e. The average Bonchev–Trinajstić information content (AvgIpc) is 3.60. The molecular formula is C39H45Cl2N3O8S. The first-order valence-corrected chi connectivity index (χ1v) is 18.9. The van der Waals surface area contributed by atoms with Crippen molar-refractivity contribution in [2.45, 2.75) is 44.0 Å². The molecule has 2 aliphatic heterocycles. The fourth-order valence-corrected chi connectivity index (χ4v) is 7.96. The quantitative estimate of drug-likeness (QED) is 0.120. The lowest BCUT2D eigenvalue weighted by Crippen LogP contribution is -2.52. The Hall–Kier alpha value is -3.75. The van der Waals surface area contributed by atoms with Crippen LogP contribution >= 0.6 is 34.5 Å². The number of rotatable bonds is 15. The molecule has 53 heavy (non-hydrogen) atoms. The van der Waals surface area contributed by atoms with Crippen LogP contribution in [0.15, 0.2) is 73.1 Å². The predicted octanol–water partition coefficient (Wildman–Crippen LogP) is 6.68. The van der Waals surface area contributed by atoms with Crippen molar-refractivity contribution in [3.8, 4) is 11.5 Å². The normalized spacial score (nSPS) is 16.3. The van der Waals surface area contributed by atoms with Gasteiger partial charge in [0.25, 0.3) is 0 Å². The van der Waals surface area contributed by atoms with E-state index >= 15 is 0 Å². The van der Waals surface area contributed by atoms with Crippen molar-refractivity contribution >= 4 is 46.5 Å². The van der Waals surface area contributed by atoms with Gasteiger partial charge in [-0.05, 0) is 74.3 Å². The van der Waals surface area contributed by atoms with E-state index in [9.17, 15) is 9.59 Å². The lowest BCUT2D eigenvalue weighted by Gasteiger charge is -2.41. The number of esters is 2. The van der Waals surface area contributed by atoms with Crippen molar-refractivity contribution in [1.29, 1.82) is 0 Å². The second-order valence-electron chi connectivity index (χ2n) is 13.2. The van der Waals surface area contributed by atoms with Crippen molar-refractivity contribution < 1.29 is 43.7 Å². The van der Waals surface area contributed by atoms with Crippen LogP contribution in [0.25, 0.3) is 0 Å². The van der Waals surface area contributed by atoms with Gasteiger partial charge >= 0.3 is 11.9 Å². The van der Waals surface area contributed by atoms with Gasteiger partial charge in [-0.25, -0.2) is 14.6 Å². The van der Waals surface area contributed by atoms with E-state index in [1.54, 1.807) is 44.8 Å². The van der Waals surface area contributed by atoms with Gasteiger partial charge in [-0.15, -0.1) is 11.3 Å². The Morgan fingerprint density at radius 2 is 1.66 bits per heavy atom. The number of hydrogen-bond acceptors (Lipinski definition) is 11. The Morgan fingerprint density at radius 1 is 0.962 bits per heavy atom. The van der Waals surface area contributed by atoms with E-state index in [-0.39, 0.29) is 23.9 Å². The number of H-pyrrole nitrogens is 1. The number of carbonyl (C=O) groups is 2. The van der Waals surface area contributed by atoms with Gasteiger partial charge in [0.15, 0.2) is 23.9 Å². The summed E-state index contributed by atoms with van der Waals surface area (Å²) in [6.07, 6.45) is 4.75. The summed E-state index contributed by atoms with van der Waals surface area (Å²) in [6.45, 7) is 3.82. The number of piperidine rings is 1. The van der Waals surface area contributed by atoms with Crippen LogP contribution in [0.5, 0.6) is 11.5 Å². The number of hydrogen-bond donors (Lipinski definition) is 0. The minimum atomic E-state index is -0.749. The first-order chi connectivity index (χ1) is 25.2. The van der Waals surface area contributed by atoms with Crippen LogP contribution in [-0.2, 0) is 32.0 Å². The SMILES string of the molecule is COc1ccc([C@H](Cc2c(Cl)c[nH+]cc2Cl)OC(=O)c2ccc(CN(C3COC3)C(C(=O)OCC3CCN(C)CC3)c3ccccc3)s2)cc1OC.[OH-]. The van der Waals surface area contributed by atoms with E-state index in [1.165, 1.54) is 11.3 Å². The van der Waals surface area contributed by atoms with Gasteiger partial charge in [-0.2, -0.15) is 0 Å². The van der Waals surface area contributed by atoms with E-state index in [4.69, 9.17) is 46.9 Å².